The predicted molar refractivity (Wildman–Crippen MR) is 63.3 cm³/mol. The molecule has 0 aliphatic carbocycles. The van der Waals surface area contributed by atoms with E-state index in [9.17, 15) is 0 Å². The van der Waals surface area contributed by atoms with Crippen molar-refractivity contribution in [2.75, 3.05) is 13.1 Å². The molecule has 1 rings (SSSR count). The fourth-order valence-corrected chi connectivity index (χ4v) is 2.36. The fraction of sp³-hybridized carbons (Fsp3) is 0.692. The van der Waals surface area contributed by atoms with Crippen LogP contribution in [0.25, 0.3) is 0 Å². The molecule has 0 aromatic rings. The highest BCUT2D eigenvalue weighted by Gasteiger charge is 2.31. The van der Waals surface area contributed by atoms with Crippen LogP contribution < -0.4 is 0 Å². The Labute approximate surface area is 88.5 Å². The molecule has 0 amide bonds. The lowest BCUT2D eigenvalue weighted by Gasteiger charge is -2.19. The molecule has 14 heavy (non-hydrogen) atoms. The largest absolute Gasteiger partial charge is 0.300 e. The highest BCUT2D eigenvalue weighted by molar-refractivity contribution is 4.91. The number of rotatable bonds is 5. The van der Waals surface area contributed by atoms with Crippen LogP contribution in [0, 0.1) is 11.8 Å². The molecule has 1 aliphatic rings. The van der Waals surface area contributed by atoms with Crippen molar-refractivity contribution in [1.29, 1.82) is 0 Å². The van der Waals surface area contributed by atoms with Crippen LogP contribution in [0.5, 0.6) is 0 Å². The summed E-state index contributed by atoms with van der Waals surface area (Å²) >= 11 is 0. The van der Waals surface area contributed by atoms with Gasteiger partial charge in [0, 0.05) is 19.1 Å². The molecule has 2 atom stereocenters. The normalized spacial score (nSPS) is 28.2. The molecule has 80 valence electrons. The van der Waals surface area contributed by atoms with Crippen molar-refractivity contribution in [3.05, 3.63) is 25.3 Å². The lowest BCUT2D eigenvalue weighted by Crippen LogP contribution is -2.28. The minimum Gasteiger partial charge on any atom is -0.300 e. The van der Waals surface area contributed by atoms with Crippen molar-refractivity contribution in [2.45, 2.75) is 32.7 Å². The van der Waals surface area contributed by atoms with Crippen LogP contribution >= 0.6 is 0 Å². The summed E-state index contributed by atoms with van der Waals surface area (Å²) in [7, 11) is 0. The standard InChI is InChI=1S/C13H23N/c1-5-7-12-9-14(11(3)4)10-13(12)8-6-2/h5-6,11-13H,1-2,7-10H2,3-4H3. The molecule has 1 nitrogen and oxygen atoms in total. The van der Waals surface area contributed by atoms with E-state index in [1.165, 1.54) is 13.1 Å². The predicted octanol–water partition coefficient (Wildman–Crippen LogP) is 3.10. The van der Waals surface area contributed by atoms with Crippen molar-refractivity contribution in [1.82, 2.24) is 4.90 Å². The molecule has 1 heterocycles. The van der Waals surface area contributed by atoms with Gasteiger partial charge < -0.3 is 4.90 Å². The zero-order valence-electron chi connectivity index (χ0n) is 9.58. The topological polar surface area (TPSA) is 3.24 Å². The van der Waals surface area contributed by atoms with E-state index in [4.69, 9.17) is 0 Å². The molecule has 1 aliphatic heterocycles. The maximum atomic E-state index is 3.84. The zero-order chi connectivity index (χ0) is 10.6. The third-order valence-electron chi connectivity index (χ3n) is 3.27. The molecule has 0 radical (unpaired) electrons. The van der Waals surface area contributed by atoms with Crippen LogP contribution in [-0.4, -0.2) is 24.0 Å². The second-order valence-electron chi connectivity index (χ2n) is 4.62. The molecule has 1 saturated heterocycles. The number of nitrogens with zero attached hydrogens (tertiary/aromatic N) is 1. The van der Waals surface area contributed by atoms with Crippen LogP contribution in [0.1, 0.15) is 26.7 Å². The van der Waals surface area contributed by atoms with E-state index in [0.717, 1.165) is 24.7 Å². The van der Waals surface area contributed by atoms with Gasteiger partial charge in [-0.25, -0.2) is 0 Å². The molecular weight excluding hydrogens is 170 g/mol. The molecule has 0 saturated carbocycles. The van der Waals surface area contributed by atoms with Gasteiger partial charge in [-0.2, -0.15) is 0 Å². The van der Waals surface area contributed by atoms with E-state index < -0.39 is 0 Å². The summed E-state index contributed by atoms with van der Waals surface area (Å²) in [4.78, 5) is 2.57. The van der Waals surface area contributed by atoms with Crippen LogP contribution in [0.15, 0.2) is 25.3 Å². The van der Waals surface area contributed by atoms with Gasteiger partial charge in [0.05, 0.1) is 0 Å². The Morgan fingerprint density at radius 2 is 1.57 bits per heavy atom. The molecule has 0 spiro atoms. The first-order chi connectivity index (χ1) is 6.69. The van der Waals surface area contributed by atoms with Gasteiger partial charge in [0.25, 0.3) is 0 Å². The van der Waals surface area contributed by atoms with E-state index in [1.807, 2.05) is 0 Å². The van der Waals surface area contributed by atoms with Crippen LogP contribution in [0.4, 0.5) is 0 Å². The van der Waals surface area contributed by atoms with E-state index in [0.29, 0.717) is 6.04 Å². The van der Waals surface area contributed by atoms with Gasteiger partial charge in [-0.05, 0) is 38.5 Å². The Hall–Kier alpha value is -0.560. The molecule has 1 fully saturated rings. The first-order valence-corrected chi connectivity index (χ1v) is 5.64. The van der Waals surface area contributed by atoms with Crippen LogP contribution in [-0.2, 0) is 0 Å². The van der Waals surface area contributed by atoms with Crippen molar-refractivity contribution in [3.63, 3.8) is 0 Å². The Balaban J connectivity index is 2.54. The molecule has 2 unspecified atom stereocenters. The van der Waals surface area contributed by atoms with Gasteiger partial charge in [-0.15, -0.1) is 13.2 Å². The monoisotopic (exact) mass is 193 g/mol. The minimum atomic E-state index is 0.678. The van der Waals surface area contributed by atoms with Crippen LogP contribution in [0.2, 0.25) is 0 Å². The summed E-state index contributed by atoms with van der Waals surface area (Å²) in [6.07, 6.45) is 6.43. The highest BCUT2D eigenvalue weighted by atomic mass is 15.2. The van der Waals surface area contributed by atoms with Gasteiger partial charge in [0.15, 0.2) is 0 Å². The quantitative estimate of drug-likeness (QED) is 0.606. The Morgan fingerprint density at radius 1 is 1.14 bits per heavy atom. The van der Waals surface area contributed by atoms with E-state index in [1.54, 1.807) is 0 Å². The first kappa shape index (κ1) is 11.5. The smallest absolute Gasteiger partial charge is 0.00388 e. The second-order valence-corrected chi connectivity index (χ2v) is 4.62. The molecule has 0 aromatic carbocycles. The number of likely N-dealkylation sites (tertiary alicyclic amines) is 1. The van der Waals surface area contributed by atoms with Crippen molar-refractivity contribution < 1.29 is 0 Å². The van der Waals surface area contributed by atoms with Gasteiger partial charge in [-0.3, -0.25) is 0 Å². The Morgan fingerprint density at radius 3 is 1.86 bits per heavy atom. The van der Waals surface area contributed by atoms with Gasteiger partial charge in [0.2, 0.25) is 0 Å². The highest BCUT2D eigenvalue weighted by Crippen LogP contribution is 2.30. The van der Waals surface area contributed by atoms with Gasteiger partial charge in [0.1, 0.15) is 0 Å². The molecule has 1 heteroatoms. The summed E-state index contributed by atoms with van der Waals surface area (Å²) in [5, 5.41) is 0. The second kappa shape index (κ2) is 5.35. The summed E-state index contributed by atoms with van der Waals surface area (Å²) < 4.78 is 0. The third-order valence-corrected chi connectivity index (χ3v) is 3.27. The Bertz CT molecular complexity index is 177. The maximum absolute atomic E-state index is 3.84. The summed E-state index contributed by atoms with van der Waals surface area (Å²) in [5.41, 5.74) is 0. The molecule has 0 aromatic heterocycles. The lowest BCUT2D eigenvalue weighted by molar-refractivity contribution is 0.261. The van der Waals surface area contributed by atoms with E-state index >= 15 is 0 Å². The molecule has 0 N–H and O–H groups in total. The maximum Gasteiger partial charge on any atom is 0.00388 e. The lowest BCUT2D eigenvalue weighted by atomic mass is 9.90. The van der Waals surface area contributed by atoms with E-state index in [2.05, 4.69) is 44.1 Å². The first-order valence-electron chi connectivity index (χ1n) is 5.64. The van der Waals surface area contributed by atoms with Crippen molar-refractivity contribution >= 4 is 0 Å². The SMILES string of the molecule is C=CCC1CN(C(C)C)CC1CC=C. The third kappa shape index (κ3) is 2.71. The number of hydrogen-bond acceptors (Lipinski definition) is 1. The molecule has 0 bridgehead atoms. The summed E-state index contributed by atoms with van der Waals surface area (Å²) in [6, 6.07) is 0.678. The van der Waals surface area contributed by atoms with Gasteiger partial charge >= 0.3 is 0 Å². The average Bonchev–Trinajstić information content (AvgIpc) is 2.50. The van der Waals surface area contributed by atoms with Crippen LogP contribution in [0.3, 0.4) is 0 Å². The zero-order valence-corrected chi connectivity index (χ0v) is 9.58. The Kier molecular flexibility index (Phi) is 4.40. The van der Waals surface area contributed by atoms with E-state index in [-0.39, 0.29) is 0 Å². The van der Waals surface area contributed by atoms with Crippen molar-refractivity contribution in [2.24, 2.45) is 11.8 Å². The minimum absolute atomic E-state index is 0.678. The summed E-state index contributed by atoms with van der Waals surface area (Å²) in [5.74, 6) is 1.60. The fourth-order valence-electron chi connectivity index (χ4n) is 2.36. The summed E-state index contributed by atoms with van der Waals surface area (Å²) in [6.45, 7) is 14.7. The number of hydrogen-bond donors (Lipinski definition) is 0. The van der Waals surface area contributed by atoms with Gasteiger partial charge in [-0.1, -0.05) is 12.2 Å². The average molecular weight is 193 g/mol. The molecular formula is C13H23N. The number of allylic oxidation sites excluding steroid dienone is 2. The van der Waals surface area contributed by atoms with Crippen molar-refractivity contribution in [3.8, 4) is 0 Å².